The monoisotopic (exact) mass is 188 g/mol. The molecule has 1 aromatic heterocycles. The van der Waals surface area contributed by atoms with Gasteiger partial charge in [-0.25, -0.2) is 4.98 Å². The van der Waals surface area contributed by atoms with Crippen molar-refractivity contribution in [1.29, 1.82) is 0 Å². The van der Waals surface area contributed by atoms with Gasteiger partial charge < -0.3 is 4.84 Å². The first-order valence-electron chi connectivity index (χ1n) is 4.51. The summed E-state index contributed by atoms with van der Waals surface area (Å²) < 4.78 is 0. The maximum absolute atomic E-state index is 5.23. The Labute approximate surface area is 82.7 Å². The SMILES string of the molecule is CNOc1cc2ccccc2nc1C. The third-order valence-electron chi connectivity index (χ3n) is 2.08. The summed E-state index contributed by atoms with van der Waals surface area (Å²) in [5.74, 6) is 0.770. The molecular weight excluding hydrogens is 176 g/mol. The number of nitrogens with zero attached hydrogens (tertiary/aromatic N) is 1. The molecule has 0 radical (unpaired) electrons. The van der Waals surface area contributed by atoms with Gasteiger partial charge >= 0.3 is 0 Å². The number of nitrogens with one attached hydrogen (secondary N) is 1. The van der Waals surface area contributed by atoms with E-state index in [1.807, 2.05) is 37.3 Å². The van der Waals surface area contributed by atoms with E-state index >= 15 is 0 Å². The number of hydrogen-bond donors (Lipinski definition) is 1. The minimum absolute atomic E-state index is 0.770. The maximum atomic E-state index is 5.23. The van der Waals surface area contributed by atoms with Crippen molar-refractivity contribution in [2.45, 2.75) is 6.92 Å². The first-order valence-corrected chi connectivity index (χ1v) is 4.51. The van der Waals surface area contributed by atoms with E-state index in [1.54, 1.807) is 7.05 Å². The average Bonchev–Trinajstić information content (AvgIpc) is 2.19. The smallest absolute Gasteiger partial charge is 0.168 e. The molecule has 0 amide bonds. The van der Waals surface area contributed by atoms with Crippen molar-refractivity contribution in [1.82, 2.24) is 10.5 Å². The Hall–Kier alpha value is -1.61. The van der Waals surface area contributed by atoms with Crippen LogP contribution in [0.3, 0.4) is 0 Å². The molecule has 0 aliphatic carbocycles. The predicted molar refractivity (Wildman–Crippen MR) is 56.2 cm³/mol. The van der Waals surface area contributed by atoms with E-state index in [-0.39, 0.29) is 0 Å². The fraction of sp³-hybridized carbons (Fsp3) is 0.182. The van der Waals surface area contributed by atoms with Crippen LogP contribution in [0.5, 0.6) is 5.75 Å². The van der Waals surface area contributed by atoms with Crippen molar-refractivity contribution < 1.29 is 4.84 Å². The van der Waals surface area contributed by atoms with Gasteiger partial charge in [0.05, 0.1) is 11.2 Å². The lowest BCUT2D eigenvalue weighted by molar-refractivity contribution is 0.221. The second-order valence-electron chi connectivity index (χ2n) is 3.07. The predicted octanol–water partition coefficient (Wildman–Crippen LogP) is 2.06. The summed E-state index contributed by atoms with van der Waals surface area (Å²) in [5, 5.41) is 1.09. The van der Waals surface area contributed by atoms with Gasteiger partial charge in [0.15, 0.2) is 5.75 Å². The maximum Gasteiger partial charge on any atom is 0.168 e. The van der Waals surface area contributed by atoms with Gasteiger partial charge in [-0.1, -0.05) is 18.2 Å². The number of pyridine rings is 1. The van der Waals surface area contributed by atoms with E-state index in [0.717, 1.165) is 22.3 Å². The van der Waals surface area contributed by atoms with Gasteiger partial charge in [-0.2, -0.15) is 5.48 Å². The summed E-state index contributed by atoms with van der Waals surface area (Å²) in [7, 11) is 1.73. The molecule has 3 nitrogen and oxygen atoms in total. The molecular formula is C11H12N2O. The van der Waals surface area contributed by atoms with Crippen LogP contribution >= 0.6 is 0 Å². The molecule has 2 rings (SSSR count). The van der Waals surface area contributed by atoms with E-state index in [2.05, 4.69) is 10.5 Å². The molecule has 0 spiro atoms. The molecule has 0 unspecified atom stereocenters. The topological polar surface area (TPSA) is 34.1 Å². The van der Waals surface area contributed by atoms with Crippen LogP contribution in [0.4, 0.5) is 0 Å². The fourth-order valence-electron chi connectivity index (χ4n) is 1.41. The highest BCUT2D eigenvalue weighted by atomic mass is 16.6. The average molecular weight is 188 g/mol. The number of para-hydroxylation sites is 1. The second-order valence-corrected chi connectivity index (χ2v) is 3.07. The normalized spacial score (nSPS) is 10.4. The highest BCUT2D eigenvalue weighted by Gasteiger charge is 2.02. The zero-order valence-corrected chi connectivity index (χ0v) is 8.24. The van der Waals surface area contributed by atoms with Crippen LogP contribution in [-0.2, 0) is 0 Å². The van der Waals surface area contributed by atoms with Crippen LogP contribution in [0.25, 0.3) is 10.9 Å². The highest BCUT2D eigenvalue weighted by Crippen LogP contribution is 2.21. The lowest BCUT2D eigenvalue weighted by Gasteiger charge is -2.07. The molecule has 72 valence electrons. The van der Waals surface area contributed by atoms with E-state index in [4.69, 9.17) is 4.84 Å². The van der Waals surface area contributed by atoms with E-state index in [1.165, 1.54) is 0 Å². The van der Waals surface area contributed by atoms with Crippen LogP contribution in [-0.4, -0.2) is 12.0 Å². The molecule has 1 heterocycles. The van der Waals surface area contributed by atoms with Crippen LogP contribution < -0.4 is 10.3 Å². The number of benzene rings is 1. The highest BCUT2D eigenvalue weighted by molar-refractivity contribution is 5.80. The summed E-state index contributed by atoms with van der Waals surface area (Å²) >= 11 is 0. The second kappa shape index (κ2) is 3.64. The lowest BCUT2D eigenvalue weighted by Crippen LogP contribution is -2.12. The van der Waals surface area contributed by atoms with Crippen molar-refractivity contribution in [2.24, 2.45) is 0 Å². The summed E-state index contributed by atoms with van der Waals surface area (Å²) in [6, 6.07) is 9.96. The third kappa shape index (κ3) is 1.54. The van der Waals surface area contributed by atoms with E-state index in [0.29, 0.717) is 0 Å². The zero-order chi connectivity index (χ0) is 9.97. The van der Waals surface area contributed by atoms with Crippen molar-refractivity contribution in [3.63, 3.8) is 0 Å². The van der Waals surface area contributed by atoms with Gasteiger partial charge in [0.1, 0.15) is 0 Å². The molecule has 2 aromatic rings. The zero-order valence-electron chi connectivity index (χ0n) is 8.24. The molecule has 0 atom stereocenters. The molecule has 0 bridgehead atoms. The first kappa shape index (κ1) is 8.97. The molecule has 0 saturated heterocycles. The quantitative estimate of drug-likeness (QED) is 0.732. The van der Waals surface area contributed by atoms with Crippen LogP contribution in [0.15, 0.2) is 30.3 Å². The van der Waals surface area contributed by atoms with Gasteiger partial charge in [0.25, 0.3) is 0 Å². The number of fused-ring (bicyclic) bond motifs is 1. The molecule has 0 aliphatic rings. The van der Waals surface area contributed by atoms with Crippen molar-refractivity contribution in [2.75, 3.05) is 7.05 Å². The third-order valence-corrected chi connectivity index (χ3v) is 2.08. The van der Waals surface area contributed by atoms with Crippen molar-refractivity contribution in [3.05, 3.63) is 36.0 Å². The summed E-state index contributed by atoms with van der Waals surface area (Å²) in [4.78, 5) is 9.66. The van der Waals surface area contributed by atoms with Crippen LogP contribution in [0, 0.1) is 6.92 Å². The van der Waals surface area contributed by atoms with Gasteiger partial charge in [-0.15, -0.1) is 0 Å². The minimum Gasteiger partial charge on any atom is -0.407 e. The van der Waals surface area contributed by atoms with Crippen LogP contribution in [0.2, 0.25) is 0 Å². The lowest BCUT2D eigenvalue weighted by atomic mass is 10.2. The Morgan fingerprint density at radius 1 is 1.29 bits per heavy atom. The van der Waals surface area contributed by atoms with Gasteiger partial charge in [0.2, 0.25) is 0 Å². The Kier molecular flexibility index (Phi) is 2.33. The van der Waals surface area contributed by atoms with E-state index in [9.17, 15) is 0 Å². The molecule has 1 aromatic carbocycles. The number of aromatic nitrogens is 1. The Morgan fingerprint density at radius 2 is 2.07 bits per heavy atom. The standard InChI is InChI=1S/C11H12N2O/c1-8-11(14-12-2)7-9-5-3-4-6-10(9)13-8/h3-7,12H,1-2H3. The largest absolute Gasteiger partial charge is 0.407 e. The van der Waals surface area contributed by atoms with Crippen molar-refractivity contribution in [3.8, 4) is 5.75 Å². The summed E-state index contributed by atoms with van der Waals surface area (Å²) in [6.07, 6.45) is 0. The molecule has 0 fully saturated rings. The summed E-state index contributed by atoms with van der Waals surface area (Å²) in [5.41, 5.74) is 4.53. The van der Waals surface area contributed by atoms with Gasteiger partial charge in [0, 0.05) is 12.4 Å². The van der Waals surface area contributed by atoms with Crippen molar-refractivity contribution >= 4 is 10.9 Å². The number of rotatable bonds is 2. The Bertz CT molecular complexity index is 454. The number of hydroxylamine groups is 1. The first-order chi connectivity index (χ1) is 6.81. The Morgan fingerprint density at radius 3 is 2.86 bits per heavy atom. The molecule has 0 saturated carbocycles. The van der Waals surface area contributed by atoms with Gasteiger partial charge in [-0.05, 0) is 19.1 Å². The summed E-state index contributed by atoms with van der Waals surface area (Å²) in [6.45, 7) is 1.93. The molecule has 1 N–H and O–H groups in total. The molecule has 0 aliphatic heterocycles. The number of aryl methyl sites for hydroxylation is 1. The number of hydrogen-bond acceptors (Lipinski definition) is 3. The minimum atomic E-state index is 0.770. The fourth-order valence-corrected chi connectivity index (χ4v) is 1.41. The Balaban J connectivity index is 2.59. The van der Waals surface area contributed by atoms with Crippen LogP contribution in [0.1, 0.15) is 5.69 Å². The van der Waals surface area contributed by atoms with Gasteiger partial charge in [-0.3, -0.25) is 0 Å². The van der Waals surface area contributed by atoms with E-state index < -0.39 is 0 Å². The molecule has 14 heavy (non-hydrogen) atoms. The molecule has 3 heteroatoms.